The van der Waals surface area contributed by atoms with Gasteiger partial charge in [0.2, 0.25) is 0 Å². The number of fused-ring (bicyclic) bond motifs is 2. The summed E-state index contributed by atoms with van der Waals surface area (Å²) in [5.74, 6) is 0. The largest absolute Gasteiger partial charge is 0.0610 e. The smallest absolute Gasteiger partial charge is 0.0146 e. The summed E-state index contributed by atoms with van der Waals surface area (Å²) in [4.78, 5) is 0. The van der Waals surface area contributed by atoms with Crippen molar-refractivity contribution in [3.05, 3.63) is 52.8 Å². The second kappa shape index (κ2) is 2.71. The molecule has 0 nitrogen and oxygen atoms in total. The molecule has 0 spiro atoms. The van der Waals surface area contributed by atoms with Crippen molar-refractivity contribution in [2.75, 3.05) is 0 Å². The highest BCUT2D eigenvalue weighted by Gasteiger charge is 2.08. The first-order valence-corrected chi connectivity index (χ1v) is 4.91. The van der Waals surface area contributed by atoms with E-state index in [-0.39, 0.29) is 0 Å². The monoisotopic (exact) mass is 179 g/mol. The zero-order chi connectivity index (χ0) is 9.54. The van der Waals surface area contributed by atoms with Crippen LogP contribution in [0.5, 0.6) is 0 Å². The molecule has 0 heterocycles. The van der Waals surface area contributed by atoms with Crippen molar-refractivity contribution in [1.29, 1.82) is 0 Å². The Kier molecular flexibility index (Phi) is 1.51. The predicted octanol–water partition coefficient (Wildman–Crippen LogP) is 1.90. The minimum Gasteiger partial charge on any atom is -0.0610 e. The second-order valence-corrected chi connectivity index (χ2v) is 3.70. The summed E-state index contributed by atoms with van der Waals surface area (Å²) in [5.41, 5.74) is 4.04. The molecule has 2 aliphatic rings. The molecule has 67 valence electrons. The SMILES string of the molecule is [CH2]CC1=CC=c2cc3c(cc21)=CC=C3. The van der Waals surface area contributed by atoms with Crippen molar-refractivity contribution in [2.45, 2.75) is 6.42 Å². The molecule has 0 N–H and O–H groups in total. The van der Waals surface area contributed by atoms with Gasteiger partial charge in [-0.25, -0.2) is 0 Å². The number of rotatable bonds is 1. The van der Waals surface area contributed by atoms with E-state index in [1.807, 2.05) is 0 Å². The standard InChI is InChI=1S/C14H11/c1-2-10-6-7-13-8-11-4-3-5-12(11)9-14(10)13/h3-9H,1-2H2. The van der Waals surface area contributed by atoms with Crippen molar-refractivity contribution < 1.29 is 0 Å². The number of allylic oxidation sites excluding steroid dienone is 3. The number of hydrogen-bond acceptors (Lipinski definition) is 0. The molecular formula is C14H11. The molecule has 1 aromatic carbocycles. The van der Waals surface area contributed by atoms with Gasteiger partial charge in [0, 0.05) is 0 Å². The van der Waals surface area contributed by atoms with Gasteiger partial charge in [-0.1, -0.05) is 30.4 Å². The fraction of sp³-hybridized carbons (Fsp3) is 0.0714. The predicted molar refractivity (Wildman–Crippen MR) is 61.6 cm³/mol. The van der Waals surface area contributed by atoms with Crippen LogP contribution in [0, 0.1) is 6.92 Å². The quantitative estimate of drug-likeness (QED) is 0.617. The Morgan fingerprint density at radius 3 is 2.79 bits per heavy atom. The highest BCUT2D eigenvalue weighted by Crippen LogP contribution is 2.18. The Balaban J connectivity index is 2.32. The van der Waals surface area contributed by atoms with E-state index >= 15 is 0 Å². The first-order valence-electron chi connectivity index (χ1n) is 4.91. The van der Waals surface area contributed by atoms with Crippen LogP contribution in [-0.2, 0) is 0 Å². The van der Waals surface area contributed by atoms with E-state index in [2.05, 4.69) is 49.4 Å². The summed E-state index contributed by atoms with van der Waals surface area (Å²) in [6, 6.07) is 4.52. The Bertz CT molecular complexity index is 569. The fourth-order valence-electron chi connectivity index (χ4n) is 2.11. The normalized spacial score (nSPS) is 15.6. The third kappa shape index (κ3) is 0.941. The van der Waals surface area contributed by atoms with Crippen LogP contribution in [0.25, 0.3) is 23.8 Å². The number of benzene rings is 1. The summed E-state index contributed by atoms with van der Waals surface area (Å²) in [7, 11) is 0. The lowest BCUT2D eigenvalue weighted by Gasteiger charge is -2.02. The molecule has 0 aliphatic heterocycles. The molecule has 0 saturated heterocycles. The highest BCUT2D eigenvalue weighted by molar-refractivity contribution is 5.80. The third-order valence-corrected chi connectivity index (χ3v) is 2.89. The van der Waals surface area contributed by atoms with E-state index in [0.29, 0.717) is 0 Å². The minimum atomic E-state index is 0.871. The van der Waals surface area contributed by atoms with Crippen molar-refractivity contribution in [1.82, 2.24) is 0 Å². The molecule has 0 heteroatoms. The molecule has 3 rings (SSSR count). The highest BCUT2D eigenvalue weighted by atomic mass is 14.1. The van der Waals surface area contributed by atoms with Crippen molar-refractivity contribution in [2.24, 2.45) is 0 Å². The average molecular weight is 179 g/mol. The van der Waals surface area contributed by atoms with Gasteiger partial charge in [-0.3, -0.25) is 0 Å². The maximum absolute atomic E-state index is 3.95. The van der Waals surface area contributed by atoms with Crippen LogP contribution in [-0.4, -0.2) is 0 Å². The Morgan fingerprint density at radius 1 is 1.00 bits per heavy atom. The van der Waals surface area contributed by atoms with Crippen LogP contribution in [0.1, 0.15) is 17.5 Å². The van der Waals surface area contributed by atoms with E-state index in [1.165, 1.54) is 27.1 Å². The second-order valence-electron chi connectivity index (χ2n) is 3.70. The summed E-state index contributed by atoms with van der Waals surface area (Å²) < 4.78 is 0. The maximum Gasteiger partial charge on any atom is -0.0146 e. The molecule has 0 bridgehead atoms. The van der Waals surface area contributed by atoms with Gasteiger partial charge in [-0.05, 0) is 52.6 Å². The average Bonchev–Trinajstić information content (AvgIpc) is 2.78. The molecule has 0 aromatic heterocycles. The lowest BCUT2D eigenvalue weighted by Crippen LogP contribution is -2.14. The molecule has 0 saturated carbocycles. The van der Waals surface area contributed by atoms with Crippen LogP contribution in [0.4, 0.5) is 0 Å². The van der Waals surface area contributed by atoms with E-state index in [1.54, 1.807) is 0 Å². The first kappa shape index (κ1) is 7.81. The van der Waals surface area contributed by atoms with E-state index in [4.69, 9.17) is 0 Å². The van der Waals surface area contributed by atoms with Gasteiger partial charge in [0.15, 0.2) is 0 Å². The van der Waals surface area contributed by atoms with E-state index < -0.39 is 0 Å². The van der Waals surface area contributed by atoms with E-state index in [0.717, 1.165) is 6.42 Å². The lowest BCUT2D eigenvalue weighted by atomic mass is 10.0. The summed E-state index contributed by atoms with van der Waals surface area (Å²) in [5, 5.41) is 2.67. The van der Waals surface area contributed by atoms with Gasteiger partial charge in [0.25, 0.3) is 0 Å². The zero-order valence-corrected chi connectivity index (χ0v) is 7.96. The van der Waals surface area contributed by atoms with Crippen molar-refractivity contribution >= 4 is 23.8 Å². The Labute approximate surface area is 83.6 Å². The van der Waals surface area contributed by atoms with Crippen molar-refractivity contribution in [3.8, 4) is 0 Å². The van der Waals surface area contributed by atoms with Gasteiger partial charge in [0.05, 0.1) is 0 Å². The van der Waals surface area contributed by atoms with Gasteiger partial charge in [-0.15, -0.1) is 0 Å². The molecule has 14 heavy (non-hydrogen) atoms. The molecule has 0 unspecified atom stereocenters. The van der Waals surface area contributed by atoms with Crippen LogP contribution in [0.3, 0.4) is 0 Å². The fourth-order valence-corrected chi connectivity index (χ4v) is 2.11. The van der Waals surface area contributed by atoms with Crippen LogP contribution in [0.2, 0.25) is 0 Å². The van der Waals surface area contributed by atoms with Crippen LogP contribution >= 0.6 is 0 Å². The molecule has 2 aliphatic carbocycles. The first-order chi connectivity index (χ1) is 6.88. The van der Waals surface area contributed by atoms with E-state index in [9.17, 15) is 0 Å². The molecule has 1 aromatic rings. The van der Waals surface area contributed by atoms with Gasteiger partial charge in [-0.2, -0.15) is 0 Å². The lowest BCUT2D eigenvalue weighted by molar-refractivity contribution is 1.38. The summed E-state index contributed by atoms with van der Waals surface area (Å²) >= 11 is 0. The molecule has 0 fully saturated rings. The van der Waals surface area contributed by atoms with Gasteiger partial charge >= 0.3 is 0 Å². The third-order valence-electron chi connectivity index (χ3n) is 2.89. The van der Waals surface area contributed by atoms with Crippen LogP contribution < -0.4 is 10.4 Å². The molecule has 0 atom stereocenters. The van der Waals surface area contributed by atoms with Crippen LogP contribution in [0.15, 0.2) is 24.3 Å². The number of hydrogen-bond donors (Lipinski definition) is 0. The van der Waals surface area contributed by atoms with Gasteiger partial charge < -0.3 is 0 Å². The molecule has 1 radical (unpaired) electrons. The Morgan fingerprint density at radius 2 is 1.93 bits per heavy atom. The van der Waals surface area contributed by atoms with Crippen molar-refractivity contribution in [3.63, 3.8) is 0 Å². The molecule has 0 amide bonds. The zero-order valence-electron chi connectivity index (χ0n) is 7.96. The summed E-state index contributed by atoms with van der Waals surface area (Å²) in [6.45, 7) is 3.95. The maximum atomic E-state index is 3.95. The Hall–Kier alpha value is -1.56. The van der Waals surface area contributed by atoms with Gasteiger partial charge in [0.1, 0.15) is 0 Å². The summed E-state index contributed by atoms with van der Waals surface area (Å²) in [6.07, 6.45) is 11.7. The topological polar surface area (TPSA) is 0 Å². The minimum absolute atomic E-state index is 0.871. The molecular weight excluding hydrogens is 168 g/mol.